The van der Waals surface area contributed by atoms with Gasteiger partial charge >= 0.3 is 12.1 Å². The molecule has 0 saturated carbocycles. The van der Waals surface area contributed by atoms with E-state index < -0.39 is 30.4 Å². The Morgan fingerprint density at radius 3 is 2.31 bits per heavy atom. The Labute approximate surface area is 211 Å². The number of hydrogen-bond acceptors (Lipinski definition) is 5. The molecule has 1 aliphatic carbocycles. The number of amides is 2. The highest BCUT2D eigenvalue weighted by Crippen LogP contribution is 2.44. The number of pyridine rings is 1. The molecule has 1 atom stereocenters. The molecule has 0 fully saturated rings. The van der Waals surface area contributed by atoms with Gasteiger partial charge < -0.3 is 20.1 Å². The van der Waals surface area contributed by atoms with Gasteiger partial charge in [-0.15, -0.1) is 0 Å². The summed E-state index contributed by atoms with van der Waals surface area (Å²) >= 11 is 3.33. The van der Waals surface area contributed by atoms with Crippen molar-refractivity contribution in [3.8, 4) is 11.1 Å². The third-order valence-electron chi connectivity index (χ3n) is 5.87. The maximum atomic E-state index is 13.0. The first-order valence-electron chi connectivity index (χ1n) is 11.0. The van der Waals surface area contributed by atoms with Gasteiger partial charge in [-0.25, -0.2) is 4.79 Å². The molecule has 35 heavy (non-hydrogen) atoms. The lowest BCUT2D eigenvalue weighted by Gasteiger charge is -2.24. The molecule has 0 radical (unpaired) electrons. The van der Waals surface area contributed by atoms with Crippen LogP contribution in [-0.2, 0) is 20.9 Å². The van der Waals surface area contributed by atoms with E-state index in [-0.39, 0.29) is 19.1 Å². The van der Waals surface area contributed by atoms with Crippen molar-refractivity contribution in [2.24, 2.45) is 0 Å². The molecule has 180 valence electrons. The van der Waals surface area contributed by atoms with Crippen LogP contribution in [0.15, 0.2) is 71.5 Å². The first-order valence-corrected chi connectivity index (χ1v) is 11.8. The van der Waals surface area contributed by atoms with Crippen molar-refractivity contribution in [3.63, 3.8) is 0 Å². The summed E-state index contributed by atoms with van der Waals surface area (Å²) in [5, 5.41) is 11.7. The van der Waals surface area contributed by atoms with Crippen LogP contribution in [0.5, 0.6) is 0 Å². The largest absolute Gasteiger partial charge is 0.481 e. The maximum Gasteiger partial charge on any atom is 0.407 e. The average Bonchev–Trinajstić information content (AvgIpc) is 3.15. The maximum absolute atomic E-state index is 13.0. The van der Waals surface area contributed by atoms with Gasteiger partial charge in [0.15, 0.2) is 0 Å². The van der Waals surface area contributed by atoms with Crippen LogP contribution in [0.1, 0.15) is 29.0 Å². The lowest BCUT2D eigenvalue weighted by molar-refractivity contribution is -0.142. The van der Waals surface area contributed by atoms with Crippen molar-refractivity contribution in [1.29, 1.82) is 0 Å². The lowest BCUT2D eigenvalue weighted by Crippen LogP contribution is -2.48. The fourth-order valence-corrected chi connectivity index (χ4v) is 4.73. The van der Waals surface area contributed by atoms with Gasteiger partial charge in [0.25, 0.3) is 0 Å². The van der Waals surface area contributed by atoms with Crippen molar-refractivity contribution < 1.29 is 24.2 Å². The number of carbonyl (C=O) groups is 3. The van der Waals surface area contributed by atoms with Crippen LogP contribution in [0.25, 0.3) is 11.1 Å². The predicted molar refractivity (Wildman–Crippen MR) is 133 cm³/mol. The number of carboxylic acid groups (broad SMARTS) is 1. The molecule has 3 aromatic rings. The third kappa shape index (κ3) is 5.68. The number of alkyl carbamates (subject to hydrolysis) is 1. The highest BCUT2D eigenvalue weighted by molar-refractivity contribution is 9.10. The highest BCUT2D eigenvalue weighted by Gasteiger charge is 2.31. The van der Waals surface area contributed by atoms with Gasteiger partial charge in [-0.3, -0.25) is 14.6 Å². The van der Waals surface area contributed by atoms with Gasteiger partial charge in [0.1, 0.15) is 12.6 Å². The predicted octanol–water partition coefficient (Wildman–Crippen LogP) is 4.18. The van der Waals surface area contributed by atoms with Gasteiger partial charge in [-0.1, -0.05) is 48.5 Å². The van der Waals surface area contributed by atoms with Gasteiger partial charge in [0.05, 0.1) is 6.42 Å². The van der Waals surface area contributed by atoms with Crippen LogP contribution >= 0.6 is 15.9 Å². The average molecular weight is 538 g/mol. The fourth-order valence-electron chi connectivity index (χ4n) is 4.32. The first-order chi connectivity index (χ1) is 16.8. The highest BCUT2D eigenvalue weighted by atomic mass is 79.9. The number of aliphatic carboxylic acids is 1. The third-order valence-corrected chi connectivity index (χ3v) is 6.30. The van der Waals surface area contributed by atoms with Gasteiger partial charge in [-0.2, -0.15) is 0 Å². The molecule has 2 aromatic carbocycles. The second-order valence-electron chi connectivity index (χ2n) is 8.33. The van der Waals surface area contributed by atoms with Crippen LogP contribution in [0.4, 0.5) is 4.79 Å². The number of halogens is 1. The quantitative estimate of drug-likeness (QED) is 0.446. The number of carbonyl (C=O) groups excluding carboxylic acids is 2. The number of nitrogens with one attached hydrogen (secondary N) is 1. The molecule has 2 N–H and O–H groups in total. The fraction of sp³-hybridized carbons (Fsp3) is 0.231. The second kappa shape index (κ2) is 10.7. The van der Waals surface area contributed by atoms with E-state index in [2.05, 4.69) is 26.2 Å². The van der Waals surface area contributed by atoms with E-state index in [1.807, 2.05) is 54.6 Å². The zero-order valence-corrected chi connectivity index (χ0v) is 20.6. The monoisotopic (exact) mass is 537 g/mol. The Morgan fingerprint density at radius 2 is 1.71 bits per heavy atom. The van der Waals surface area contributed by atoms with Crippen LogP contribution < -0.4 is 5.32 Å². The Morgan fingerprint density at radius 1 is 1.09 bits per heavy atom. The van der Waals surface area contributed by atoms with Crippen LogP contribution in [-0.4, -0.2) is 52.7 Å². The molecule has 2 amide bonds. The molecule has 4 rings (SSSR count). The Bertz CT molecular complexity index is 1220. The molecular formula is C26H24BrN3O5. The number of fused-ring (bicyclic) bond motifs is 3. The van der Waals surface area contributed by atoms with Crippen molar-refractivity contribution in [2.45, 2.75) is 24.9 Å². The molecule has 0 bridgehead atoms. The van der Waals surface area contributed by atoms with Crippen molar-refractivity contribution in [2.75, 3.05) is 13.7 Å². The molecule has 1 aromatic heterocycles. The van der Waals surface area contributed by atoms with Crippen molar-refractivity contribution in [1.82, 2.24) is 15.2 Å². The standard InChI is InChI=1S/C26H24BrN3O5/c1-30(14-16-10-17(27)13-28-12-16)25(33)23(11-24(31)32)29-26(34)35-15-22-20-8-4-2-6-18(20)19-7-3-5-9-21(19)22/h2-10,12-13,22-23H,11,14-15H2,1H3,(H,29,34)(H,31,32). The summed E-state index contributed by atoms with van der Waals surface area (Å²) in [5.74, 6) is -1.89. The number of benzene rings is 2. The number of carboxylic acids is 1. The number of rotatable bonds is 8. The number of aromatic nitrogens is 1. The van der Waals surface area contributed by atoms with Crippen LogP contribution in [0.3, 0.4) is 0 Å². The Hall–Kier alpha value is -3.72. The minimum Gasteiger partial charge on any atom is -0.481 e. The molecule has 1 unspecified atom stereocenters. The van der Waals surface area contributed by atoms with Gasteiger partial charge in [0, 0.05) is 36.4 Å². The number of likely N-dealkylation sites (N-methyl/N-ethyl adjacent to an activating group) is 1. The normalized spacial score (nSPS) is 12.9. The second-order valence-corrected chi connectivity index (χ2v) is 9.24. The van der Waals surface area contributed by atoms with E-state index >= 15 is 0 Å². The zero-order chi connectivity index (χ0) is 24.9. The summed E-state index contributed by atoms with van der Waals surface area (Å²) in [5.41, 5.74) is 5.06. The van der Waals surface area contributed by atoms with Gasteiger partial charge in [-0.05, 0) is 49.8 Å². The smallest absolute Gasteiger partial charge is 0.407 e. The van der Waals surface area contributed by atoms with E-state index in [0.29, 0.717) is 0 Å². The minimum atomic E-state index is -1.27. The Balaban J connectivity index is 1.42. The van der Waals surface area contributed by atoms with E-state index in [0.717, 1.165) is 32.3 Å². The molecular weight excluding hydrogens is 514 g/mol. The molecule has 1 aliphatic rings. The topological polar surface area (TPSA) is 109 Å². The van der Waals surface area contributed by atoms with E-state index in [1.165, 1.54) is 11.9 Å². The number of hydrogen-bond donors (Lipinski definition) is 2. The number of nitrogens with zero attached hydrogens (tertiary/aromatic N) is 2. The summed E-state index contributed by atoms with van der Waals surface area (Å²) in [6.07, 6.45) is 1.82. The summed E-state index contributed by atoms with van der Waals surface area (Å²) < 4.78 is 6.24. The van der Waals surface area contributed by atoms with Crippen LogP contribution in [0, 0.1) is 0 Å². The SMILES string of the molecule is CN(Cc1cncc(Br)c1)C(=O)C(CC(=O)O)NC(=O)OCC1c2ccccc2-c2ccccc21. The van der Waals surface area contributed by atoms with E-state index in [1.54, 1.807) is 12.4 Å². The summed E-state index contributed by atoms with van der Waals surface area (Å²) in [6.45, 7) is 0.265. The minimum absolute atomic E-state index is 0.0629. The first kappa shape index (κ1) is 24.4. The van der Waals surface area contributed by atoms with E-state index in [9.17, 15) is 19.5 Å². The summed E-state index contributed by atoms with van der Waals surface area (Å²) in [4.78, 5) is 42.4. The molecule has 0 saturated heterocycles. The zero-order valence-electron chi connectivity index (χ0n) is 19.0. The molecule has 0 aliphatic heterocycles. The van der Waals surface area contributed by atoms with Gasteiger partial charge in [0.2, 0.25) is 5.91 Å². The summed E-state index contributed by atoms with van der Waals surface area (Å²) in [6, 6.07) is 16.4. The molecule has 1 heterocycles. The van der Waals surface area contributed by atoms with Crippen LogP contribution in [0.2, 0.25) is 0 Å². The number of ether oxygens (including phenoxy) is 1. The molecule has 9 heteroatoms. The summed E-state index contributed by atoms with van der Waals surface area (Å²) in [7, 11) is 1.54. The lowest BCUT2D eigenvalue weighted by atomic mass is 9.98. The Kier molecular flexibility index (Phi) is 7.45. The van der Waals surface area contributed by atoms with E-state index in [4.69, 9.17) is 4.74 Å². The molecule has 0 spiro atoms. The van der Waals surface area contributed by atoms with Crippen molar-refractivity contribution >= 4 is 33.9 Å². The molecule has 8 nitrogen and oxygen atoms in total. The van der Waals surface area contributed by atoms with Crippen molar-refractivity contribution in [3.05, 3.63) is 88.2 Å².